The van der Waals surface area contributed by atoms with Gasteiger partial charge in [-0.3, -0.25) is 0 Å². The van der Waals surface area contributed by atoms with Crippen molar-refractivity contribution in [1.82, 2.24) is 0 Å². The Morgan fingerprint density at radius 3 is 2.33 bits per heavy atom. The molecule has 0 saturated heterocycles. The van der Waals surface area contributed by atoms with E-state index in [0.717, 1.165) is 5.56 Å². The van der Waals surface area contributed by atoms with E-state index >= 15 is 0 Å². The Labute approximate surface area is 107 Å². The highest BCUT2D eigenvalue weighted by molar-refractivity contribution is 7.85. The molecule has 0 fully saturated rings. The van der Waals surface area contributed by atoms with Crippen molar-refractivity contribution in [1.29, 1.82) is 0 Å². The summed E-state index contributed by atoms with van der Waals surface area (Å²) in [6.07, 6.45) is 0.502. The van der Waals surface area contributed by atoms with E-state index in [0.29, 0.717) is 17.9 Å². The van der Waals surface area contributed by atoms with E-state index in [1.54, 1.807) is 26.2 Å². The van der Waals surface area contributed by atoms with E-state index in [9.17, 15) is 13.0 Å². The Kier molecular flexibility index (Phi) is 4.98. The van der Waals surface area contributed by atoms with Crippen molar-refractivity contribution in [2.45, 2.75) is 13.3 Å². The number of hydrogen-bond acceptors (Lipinski definition) is 5. The van der Waals surface area contributed by atoms with Crippen molar-refractivity contribution in [2.24, 2.45) is 5.92 Å². The molecule has 1 aromatic rings. The van der Waals surface area contributed by atoms with Crippen LogP contribution in [0.5, 0.6) is 11.5 Å². The van der Waals surface area contributed by atoms with E-state index in [1.165, 1.54) is 7.11 Å². The molecule has 0 spiro atoms. The molecule has 0 saturated carbocycles. The highest BCUT2D eigenvalue weighted by Crippen LogP contribution is 2.28. The van der Waals surface area contributed by atoms with Gasteiger partial charge in [0.1, 0.15) is 0 Å². The Morgan fingerprint density at radius 2 is 1.83 bits per heavy atom. The summed E-state index contributed by atoms with van der Waals surface area (Å²) in [5.74, 6) is 0.615. The Morgan fingerprint density at radius 1 is 1.22 bits per heavy atom. The van der Waals surface area contributed by atoms with Crippen LogP contribution < -0.4 is 9.47 Å². The van der Waals surface area contributed by atoms with Gasteiger partial charge in [0, 0.05) is 5.75 Å². The molecule has 0 radical (unpaired) electrons. The van der Waals surface area contributed by atoms with Gasteiger partial charge in [0.25, 0.3) is 0 Å². The Balaban J connectivity index is 2.79. The number of hydrogen-bond donors (Lipinski definition) is 0. The second-order valence-electron chi connectivity index (χ2n) is 4.22. The molecular formula is C12H17O5S-. The van der Waals surface area contributed by atoms with Crippen molar-refractivity contribution >= 4 is 10.1 Å². The van der Waals surface area contributed by atoms with Crippen LogP contribution in [-0.2, 0) is 16.5 Å². The molecule has 0 aliphatic heterocycles. The fraction of sp³-hybridized carbons (Fsp3) is 0.500. The number of benzene rings is 1. The summed E-state index contributed by atoms with van der Waals surface area (Å²) in [4.78, 5) is 0. The molecule has 5 nitrogen and oxygen atoms in total. The van der Waals surface area contributed by atoms with Gasteiger partial charge in [0.05, 0.1) is 24.3 Å². The van der Waals surface area contributed by atoms with Crippen LogP contribution in [0.1, 0.15) is 12.5 Å². The van der Waals surface area contributed by atoms with Crippen molar-refractivity contribution in [3.8, 4) is 11.5 Å². The van der Waals surface area contributed by atoms with Gasteiger partial charge < -0.3 is 14.0 Å². The fourth-order valence-electron chi connectivity index (χ4n) is 1.82. The molecule has 0 bridgehead atoms. The van der Waals surface area contributed by atoms with Crippen LogP contribution in [0.3, 0.4) is 0 Å². The van der Waals surface area contributed by atoms with Gasteiger partial charge in [0.15, 0.2) is 11.5 Å². The molecule has 102 valence electrons. The van der Waals surface area contributed by atoms with Crippen LogP contribution in [-0.4, -0.2) is 32.9 Å². The average molecular weight is 273 g/mol. The van der Waals surface area contributed by atoms with Crippen LogP contribution in [0, 0.1) is 5.92 Å². The van der Waals surface area contributed by atoms with Gasteiger partial charge >= 0.3 is 0 Å². The van der Waals surface area contributed by atoms with Crippen LogP contribution in [0.25, 0.3) is 0 Å². The van der Waals surface area contributed by atoms with E-state index < -0.39 is 10.1 Å². The van der Waals surface area contributed by atoms with Gasteiger partial charge in [-0.05, 0) is 30.0 Å². The number of ether oxygens (including phenoxy) is 2. The first kappa shape index (κ1) is 14.8. The smallest absolute Gasteiger partial charge is 0.160 e. The molecule has 0 amide bonds. The van der Waals surface area contributed by atoms with Crippen molar-refractivity contribution in [3.63, 3.8) is 0 Å². The third kappa shape index (κ3) is 4.54. The highest BCUT2D eigenvalue weighted by Gasteiger charge is 2.10. The Bertz CT molecular complexity index is 495. The average Bonchev–Trinajstić information content (AvgIpc) is 2.26. The third-order valence-electron chi connectivity index (χ3n) is 2.52. The fourth-order valence-corrected chi connectivity index (χ4v) is 2.63. The lowest BCUT2D eigenvalue weighted by Gasteiger charge is -2.15. The minimum Gasteiger partial charge on any atom is -0.748 e. The van der Waals surface area contributed by atoms with Crippen LogP contribution >= 0.6 is 0 Å². The number of methoxy groups -OCH3 is 2. The van der Waals surface area contributed by atoms with Gasteiger partial charge in [-0.15, -0.1) is 0 Å². The summed E-state index contributed by atoms with van der Waals surface area (Å²) in [7, 11) is -1.10. The topological polar surface area (TPSA) is 75.7 Å². The molecule has 0 aromatic heterocycles. The van der Waals surface area contributed by atoms with E-state index in [4.69, 9.17) is 9.47 Å². The summed E-state index contributed by atoms with van der Waals surface area (Å²) < 4.78 is 42.2. The molecule has 6 heteroatoms. The lowest BCUT2D eigenvalue weighted by atomic mass is 10.0. The SMILES string of the molecule is COc1ccc(C[C@H](C)CS(=O)(=O)[O-])cc1OC. The van der Waals surface area contributed by atoms with Crippen LogP contribution in [0.4, 0.5) is 0 Å². The van der Waals surface area contributed by atoms with Gasteiger partial charge in [0.2, 0.25) is 0 Å². The Hall–Kier alpha value is -1.27. The van der Waals surface area contributed by atoms with Crippen molar-refractivity contribution in [3.05, 3.63) is 23.8 Å². The summed E-state index contributed by atoms with van der Waals surface area (Å²) in [6.45, 7) is 1.73. The molecule has 0 heterocycles. The zero-order valence-corrected chi connectivity index (χ0v) is 11.5. The quantitative estimate of drug-likeness (QED) is 0.733. The summed E-state index contributed by atoms with van der Waals surface area (Å²) in [5, 5.41) is 0. The molecular weight excluding hydrogens is 256 g/mol. The summed E-state index contributed by atoms with van der Waals surface area (Å²) in [5.41, 5.74) is 0.906. The van der Waals surface area contributed by atoms with E-state index in [1.807, 2.05) is 6.07 Å². The zero-order chi connectivity index (χ0) is 13.8. The molecule has 0 N–H and O–H groups in total. The van der Waals surface area contributed by atoms with Gasteiger partial charge in [-0.25, -0.2) is 8.42 Å². The maximum atomic E-state index is 10.7. The molecule has 1 atom stereocenters. The van der Waals surface area contributed by atoms with E-state index in [2.05, 4.69) is 0 Å². The third-order valence-corrected chi connectivity index (χ3v) is 3.50. The van der Waals surface area contributed by atoms with E-state index in [-0.39, 0.29) is 11.7 Å². The first-order chi connectivity index (χ1) is 8.35. The predicted molar refractivity (Wildman–Crippen MR) is 67.0 cm³/mol. The van der Waals surface area contributed by atoms with Crippen LogP contribution in [0.2, 0.25) is 0 Å². The summed E-state index contributed by atoms with van der Waals surface area (Å²) >= 11 is 0. The molecule has 0 unspecified atom stereocenters. The largest absolute Gasteiger partial charge is 0.748 e. The molecule has 18 heavy (non-hydrogen) atoms. The van der Waals surface area contributed by atoms with Crippen molar-refractivity contribution < 1.29 is 22.4 Å². The minimum absolute atomic E-state index is 0.231. The lowest BCUT2D eigenvalue weighted by molar-refractivity contribution is 0.354. The lowest BCUT2D eigenvalue weighted by Crippen LogP contribution is -2.14. The van der Waals surface area contributed by atoms with Gasteiger partial charge in [-0.1, -0.05) is 13.0 Å². The normalized spacial score (nSPS) is 13.1. The maximum Gasteiger partial charge on any atom is 0.160 e. The zero-order valence-electron chi connectivity index (χ0n) is 10.7. The second-order valence-corrected chi connectivity index (χ2v) is 5.67. The number of rotatable bonds is 6. The maximum absolute atomic E-state index is 10.7. The minimum atomic E-state index is -4.18. The highest BCUT2D eigenvalue weighted by atomic mass is 32.2. The van der Waals surface area contributed by atoms with Crippen molar-refractivity contribution in [2.75, 3.05) is 20.0 Å². The molecule has 1 rings (SSSR count). The molecule has 1 aromatic carbocycles. The molecule has 0 aliphatic rings. The van der Waals surface area contributed by atoms with Crippen LogP contribution in [0.15, 0.2) is 18.2 Å². The molecule has 0 aliphatic carbocycles. The van der Waals surface area contributed by atoms with Gasteiger partial charge in [-0.2, -0.15) is 0 Å². The predicted octanol–water partition coefficient (Wildman–Crippen LogP) is 1.43. The first-order valence-electron chi connectivity index (χ1n) is 5.50. The summed E-state index contributed by atoms with van der Waals surface area (Å²) in [6, 6.07) is 5.37. The first-order valence-corrected chi connectivity index (χ1v) is 7.08. The standard InChI is InChI=1S/C12H18O5S/c1-9(8-18(13,14)15)6-10-4-5-11(16-2)12(7-10)17-3/h4-5,7,9H,6,8H2,1-3H3,(H,13,14,15)/p-1/t9-/m0/s1. The monoisotopic (exact) mass is 273 g/mol. The second kappa shape index (κ2) is 6.06.